The van der Waals surface area contributed by atoms with E-state index in [1.54, 1.807) is 6.07 Å². The average Bonchev–Trinajstić information content (AvgIpc) is 2.36. The average molecular weight is 270 g/mol. The Kier molecular flexibility index (Phi) is 3.08. The predicted octanol–water partition coefficient (Wildman–Crippen LogP) is 4.40. The van der Waals surface area contributed by atoms with E-state index in [0.29, 0.717) is 6.29 Å². The predicted molar refractivity (Wildman–Crippen MR) is 63.9 cm³/mol. The molecule has 2 aromatic carbocycles. The molecule has 2 aromatic rings. The van der Waals surface area contributed by atoms with Crippen molar-refractivity contribution in [3.05, 3.63) is 47.5 Å². The monoisotopic (exact) mass is 270 g/mol. The second kappa shape index (κ2) is 4.33. The highest BCUT2D eigenvalue weighted by Crippen LogP contribution is 2.45. The number of benzene rings is 2. The second-order valence-corrected chi connectivity index (χ2v) is 4.33. The van der Waals surface area contributed by atoms with E-state index in [-0.39, 0.29) is 23.3 Å². The molecule has 0 aliphatic heterocycles. The van der Waals surface area contributed by atoms with Crippen LogP contribution in [-0.2, 0) is 5.92 Å². The van der Waals surface area contributed by atoms with Crippen LogP contribution in [0.5, 0.6) is 0 Å². The molecule has 100 valence electrons. The molecule has 0 aromatic heterocycles. The van der Waals surface area contributed by atoms with Gasteiger partial charge in [-0.3, -0.25) is 4.79 Å². The van der Waals surface area contributed by atoms with Crippen LogP contribution in [0, 0.1) is 0 Å². The molecule has 2 rings (SSSR count). The Morgan fingerprint density at radius 2 is 1.53 bits per heavy atom. The van der Waals surface area contributed by atoms with Gasteiger partial charge in [0.1, 0.15) is 0 Å². The van der Waals surface area contributed by atoms with Gasteiger partial charge in [-0.1, -0.05) is 36.4 Å². The lowest BCUT2D eigenvalue weighted by Crippen LogP contribution is -2.35. The molecule has 19 heavy (non-hydrogen) atoms. The van der Waals surface area contributed by atoms with E-state index in [0.717, 1.165) is 12.1 Å². The lowest BCUT2D eigenvalue weighted by Gasteiger charge is -2.25. The fourth-order valence-electron chi connectivity index (χ4n) is 1.94. The van der Waals surface area contributed by atoms with Gasteiger partial charge in [0.25, 0.3) is 0 Å². The number of aldehydes is 1. The molecule has 5 heteroatoms. The fraction of sp³-hybridized carbons (Fsp3) is 0.214. The van der Waals surface area contributed by atoms with E-state index in [2.05, 4.69) is 0 Å². The molecule has 0 atom stereocenters. The van der Waals surface area contributed by atoms with Crippen molar-refractivity contribution in [1.82, 2.24) is 0 Å². The molecular weight excluding hydrogens is 260 g/mol. The highest BCUT2D eigenvalue weighted by Gasteiger charge is 2.54. The Morgan fingerprint density at radius 1 is 0.947 bits per heavy atom. The minimum Gasteiger partial charge on any atom is -0.298 e. The molecular formula is C14H10F4O. The van der Waals surface area contributed by atoms with E-state index in [4.69, 9.17) is 0 Å². The van der Waals surface area contributed by atoms with Gasteiger partial charge in [0.2, 0.25) is 0 Å². The van der Waals surface area contributed by atoms with E-state index >= 15 is 0 Å². The summed E-state index contributed by atoms with van der Waals surface area (Å²) in [6.45, 7) is 0.176. The first kappa shape index (κ1) is 13.5. The first-order valence-corrected chi connectivity index (χ1v) is 5.52. The quantitative estimate of drug-likeness (QED) is 0.596. The van der Waals surface area contributed by atoms with E-state index in [9.17, 15) is 22.4 Å². The van der Waals surface area contributed by atoms with Crippen molar-refractivity contribution < 1.29 is 22.4 Å². The number of hydrogen-bond acceptors (Lipinski definition) is 1. The number of fused-ring (bicyclic) bond motifs is 1. The fourth-order valence-corrected chi connectivity index (χ4v) is 1.94. The summed E-state index contributed by atoms with van der Waals surface area (Å²) in [6, 6.07) is 7.78. The van der Waals surface area contributed by atoms with Crippen LogP contribution in [0.4, 0.5) is 17.6 Å². The van der Waals surface area contributed by atoms with Crippen molar-refractivity contribution >= 4 is 17.1 Å². The summed E-state index contributed by atoms with van der Waals surface area (Å²) >= 11 is 0. The zero-order chi connectivity index (χ0) is 14.3. The molecule has 0 unspecified atom stereocenters. The Morgan fingerprint density at radius 3 is 2.05 bits per heavy atom. The summed E-state index contributed by atoms with van der Waals surface area (Å²) < 4.78 is 53.7. The van der Waals surface area contributed by atoms with E-state index in [1.807, 2.05) is 0 Å². The minimum atomic E-state index is -4.30. The highest BCUT2D eigenvalue weighted by molar-refractivity contribution is 5.99. The van der Waals surface area contributed by atoms with Crippen LogP contribution in [0.15, 0.2) is 36.4 Å². The number of alkyl halides is 4. The van der Waals surface area contributed by atoms with Gasteiger partial charge < -0.3 is 0 Å². The molecule has 0 saturated heterocycles. The Labute approximate surface area is 106 Å². The van der Waals surface area contributed by atoms with Crippen molar-refractivity contribution in [3.8, 4) is 0 Å². The first-order valence-electron chi connectivity index (χ1n) is 5.52. The number of hydrogen-bond donors (Lipinski definition) is 0. The standard InChI is InChI=1S/C14H10F4O/c1-13(15,16)14(17,18)12-7-6-9(8-19)10-4-2-3-5-11(10)12/h2-8H,1H3. The van der Waals surface area contributed by atoms with Gasteiger partial charge in [-0.15, -0.1) is 0 Å². The zero-order valence-corrected chi connectivity index (χ0v) is 9.96. The number of carbonyl (C=O) groups excluding carboxylic acids is 1. The Balaban J connectivity index is 2.80. The molecule has 0 N–H and O–H groups in total. The van der Waals surface area contributed by atoms with Crippen LogP contribution >= 0.6 is 0 Å². The molecule has 0 saturated carbocycles. The molecule has 1 nitrogen and oxygen atoms in total. The number of rotatable bonds is 3. The van der Waals surface area contributed by atoms with Crippen LogP contribution in [0.1, 0.15) is 22.8 Å². The summed E-state index contributed by atoms with van der Waals surface area (Å²) in [6.07, 6.45) is 0.508. The molecule has 0 fully saturated rings. The van der Waals surface area contributed by atoms with Crippen LogP contribution in [-0.4, -0.2) is 12.2 Å². The first-order chi connectivity index (χ1) is 8.79. The number of carbonyl (C=O) groups is 1. The molecule has 0 amide bonds. The third-order valence-corrected chi connectivity index (χ3v) is 2.97. The molecule has 0 radical (unpaired) electrons. The summed E-state index contributed by atoms with van der Waals surface area (Å²) in [5.74, 6) is -8.48. The lowest BCUT2D eigenvalue weighted by molar-refractivity contribution is -0.204. The molecule has 0 aliphatic carbocycles. The second-order valence-electron chi connectivity index (χ2n) is 4.33. The molecule has 0 spiro atoms. The van der Waals surface area contributed by atoms with Crippen LogP contribution in [0.2, 0.25) is 0 Å². The minimum absolute atomic E-state index is 0.0429. The van der Waals surface area contributed by atoms with Gasteiger partial charge in [0, 0.05) is 18.1 Å². The van der Waals surface area contributed by atoms with Gasteiger partial charge in [-0.25, -0.2) is 0 Å². The van der Waals surface area contributed by atoms with Crippen molar-refractivity contribution in [2.45, 2.75) is 18.8 Å². The summed E-state index contributed by atoms with van der Waals surface area (Å²) in [5.41, 5.74) is -0.587. The van der Waals surface area contributed by atoms with Gasteiger partial charge >= 0.3 is 11.8 Å². The van der Waals surface area contributed by atoms with Gasteiger partial charge in [-0.05, 0) is 10.8 Å². The van der Waals surface area contributed by atoms with Crippen molar-refractivity contribution in [3.63, 3.8) is 0 Å². The van der Waals surface area contributed by atoms with Crippen molar-refractivity contribution in [2.24, 2.45) is 0 Å². The lowest BCUT2D eigenvalue weighted by atomic mass is 9.94. The maximum Gasteiger partial charge on any atom is 0.335 e. The molecule has 0 bridgehead atoms. The zero-order valence-electron chi connectivity index (χ0n) is 9.96. The van der Waals surface area contributed by atoms with Crippen LogP contribution in [0.25, 0.3) is 10.8 Å². The normalized spacial score (nSPS) is 12.7. The van der Waals surface area contributed by atoms with E-state index in [1.165, 1.54) is 18.2 Å². The van der Waals surface area contributed by atoms with E-state index < -0.39 is 17.4 Å². The Bertz CT molecular complexity index is 629. The maximum atomic E-state index is 13.8. The van der Waals surface area contributed by atoms with Crippen molar-refractivity contribution in [1.29, 1.82) is 0 Å². The van der Waals surface area contributed by atoms with Crippen LogP contribution < -0.4 is 0 Å². The summed E-state index contributed by atoms with van der Waals surface area (Å²) in [4.78, 5) is 10.8. The topological polar surface area (TPSA) is 17.1 Å². The SMILES string of the molecule is CC(F)(F)C(F)(F)c1ccc(C=O)c2ccccc12. The maximum absolute atomic E-state index is 13.8. The van der Waals surface area contributed by atoms with Gasteiger partial charge in [0.15, 0.2) is 6.29 Å². The van der Waals surface area contributed by atoms with Gasteiger partial charge in [-0.2, -0.15) is 17.6 Å². The summed E-state index contributed by atoms with van der Waals surface area (Å²) in [5, 5.41) is 0.192. The largest absolute Gasteiger partial charge is 0.335 e. The highest BCUT2D eigenvalue weighted by atomic mass is 19.3. The Hall–Kier alpha value is -1.91. The summed E-state index contributed by atoms with van der Waals surface area (Å²) in [7, 11) is 0. The van der Waals surface area contributed by atoms with Crippen molar-refractivity contribution in [2.75, 3.05) is 0 Å². The molecule has 0 heterocycles. The molecule has 0 aliphatic rings. The van der Waals surface area contributed by atoms with Gasteiger partial charge in [0.05, 0.1) is 0 Å². The smallest absolute Gasteiger partial charge is 0.298 e. The van der Waals surface area contributed by atoms with Crippen LogP contribution in [0.3, 0.4) is 0 Å². The third-order valence-electron chi connectivity index (χ3n) is 2.97. The third kappa shape index (κ3) is 2.09. The number of halogens is 4.